The molecule has 26 heavy (non-hydrogen) atoms. The molecule has 0 heterocycles. The lowest BCUT2D eigenvalue weighted by Crippen LogP contribution is -2.06. The second-order valence-electron chi connectivity index (χ2n) is 5.12. The van der Waals surface area contributed by atoms with Gasteiger partial charge in [-0.25, -0.2) is 9.18 Å². The summed E-state index contributed by atoms with van der Waals surface area (Å²) < 4.78 is 24.8. The van der Waals surface area contributed by atoms with Crippen molar-refractivity contribution in [1.29, 1.82) is 5.26 Å². The van der Waals surface area contributed by atoms with Gasteiger partial charge in [-0.3, -0.25) is 0 Å². The van der Waals surface area contributed by atoms with Gasteiger partial charge in [0.1, 0.15) is 29.8 Å². The molecule has 0 aromatic heterocycles. The van der Waals surface area contributed by atoms with Gasteiger partial charge in [0.05, 0.1) is 15.6 Å². The van der Waals surface area contributed by atoms with Crippen LogP contribution in [0.4, 0.5) is 4.39 Å². The number of nitriles is 1. The van der Waals surface area contributed by atoms with Crippen molar-refractivity contribution in [3.05, 3.63) is 67.9 Å². The summed E-state index contributed by atoms with van der Waals surface area (Å²) in [6.45, 7) is 2.13. The van der Waals surface area contributed by atoms with Crippen molar-refractivity contribution in [2.24, 2.45) is 0 Å². The van der Waals surface area contributed by atoms with Crippen molar-refractivity contribution in [1.82, 2.24) is 0 Å². The second-order valence-corrected chi connectivity index (χ2v) is 6.83. The van der Waals surface area contributed by atoms with Gasteiger partial charge >= 0.3 is 5.97 Å². The molecule has 2 aromatic rings. The fraction of sp³-hybridized carbons (Fsp3) is 0.158. The first-order valence-corrected chi connectivity index (χ1v) is 9.18. The number of benzene rings is 2. The van der Waals surface area contributed by atoms with Crippen LogP contribution in [0.3, 0.4) is 0 Å². The topological polar surface area (TPSA) is 59.3 Å². The maximum Gasteiger partial charge on any atom is 0.348 e. The first kappa shape index (κ1) is 20.1. The number of carbonyl (C=O) groups is 1. The third-order valence-corrected chi connectivity index (χ3v) is 4.42. The first-order chi connectivity index (χ1) is 12.4. The van der Waals surface area contributed by atoms with Gasteiger partial charge in [-0.1, -0.05) is 12.1 Å². The molecule has 0 aliphatic rings. The highest BCUT2D eigenvalue weighted by Gasteiger charge is 2.13. The smallest absolute Gasteiger partial charge is 0.348 e. The molecule has 0 saturated carbocycles. The molecule has 0 atom stereocenters. The molecule has 0 N–H and O–H groups in total. The Morgan fingerprint density at radius 3 is 2.38 bits per heavy atom. The Kier molecular flexibility index (Phi) is 7.37. The average Bonchev–Trinajstić information content (AvgIpc) is 2.60. The van der Waals surface area contributed by atoms with E-state index in [9.17, 15) is 9.18 Å². The summed E-state index contributed by atoms with van der Waals surface area (Å²) in [7, 11) is 0. The SMILES string of the molecule is CCOC(=O)/C(C#N)=C/c1cc(Br)c(OCc2ccc(F)cc2)c(Br)c1. The maximum absolute atomic E-state index is 12.9. The van der Waals surface area contributed by atoms with Crippen LogP contribution in [0.15, 0.2) is 50.9 Å². The molecule has 2 rings (SSSR count). The number of rotatable bonds is 6. The number of halogens is 3. The zero-order chi connectivity index (χ0) is 19.1. The van der Waals surface area contributed by atoms with E-state index in [1.54, 1.807) is 31.2 Å². The molecule has 0 amide bonds. The lowest BCUT2D eigenvalue weighted by Gasteiger charge is -2.11. The van der Waals surface area contributed by atoms with Crippen LogP contribution in [0.2, 0.25) is 0 Å². The fourth-order valence-corrected chi connectivity index (χ4v) is 3.50. The van der Waals surface area contributed by atoms with E-state index in [0.29, 0.717) is 20.3 Å². The average molecular weight is 483 g/mol. The molecule has 0 saturated heterocycles. The van der Waals surface area contributed by atoms with Crippen molar-refractivity contribution in [2.45, 2.75) is 13.5 Å². The summed E-state index contributed by atoms with van der Waals surface area (Å²) in [4.78, 5) is 11.7. The lowest BCUT2D eigenvalue weighted by atomic mass is 10.1. The van der Waals surface area contributed by atoms with Crippen LogP contribution in [-0.2, 0) is 16.1 Å². The van der Waals surface area contributed by atoms with Gasteiger partial charge in [0.25, 0.3) is 0 Å². The van der Waals surface area contributed by atoms with E-state index in [2.05, 4.69) is 31.9 Å². The molecule has 0 bridgehead atoms. The molecular formula is C19H14Br2FNO3. The van der Waals surface area contributed by atoms with Crippen molar-refractivity contribution < 1.29 is 18.7 Å². The number of esters is 1. The largest absolute Gasteiger partial charge is 0.487 e. The molecule has 0 aliphatic carbocycles. The maximum atomic E-state index is 12.9. The summed E-state index contributed by atoms with van der Waals surface area (Å²) in [6, 6.07) is 11.3. The number of hydrogen-bond donors (Lipinski definition) is 0. The third-order valence-electron chi connectivity index (χ3n) is 3.24. The van der Waals surface area contributed by atoms with Crippen molar-refractivity contribution in [2.75, 3.05) is 6.61 Å². The Morgan fingerprint density at radius 1 is 1.23 bits per heavy atom. The monoisotopic (exact) mass is 481 g/mol. The molecule has 2 aromatic carbocycles. The van der Waals surface area contributed by atoms with Gasteiger partial charge in [-0.15, -0.1) is 0 Å². The minimum atomic E-state index is -0.668. The molecule has 0 aliphatic heterocycles. The quantitative estimate of drug-likeness (QED) is 0.314. The standard InChI is InChI=1S/C19H14Br2FNO3/c1-2-25-19(24)14(10-23)7-13-8-16(20)18(17(21)9-13)26-11-12-3-5-15(22)6-4-12/h3-9H,2,11H2,1H3/b14-7+. The van der Waals surface area contributed by atoms with Crippen molar-refractivity contribution >= 4 is 43.9 Å². The molecule has 134 valence electrons. The zero-order valence-electron chi connectivity index (χ0n) is 13.8. The van der Waals surface area contributed by atoms with E-state index in [4.69, 9.17) is 14.7 Å². The molecular weight excluding hydrogens is 469 g/mol. The minimum absolute atomic E-state index is 0.0920. The van der Waals surface area contributed by atoms with Gasteiger partial charge in [0.15, 0.2) is 0 Å². The van der Waals surface area contributed by atoms with Crippen LogP contribution < -0.4 is 4.74 Å². The van der Waals surface area contributed by atoms with E-state index < -0.39 is 5.97 Å². The number of carbonyl (C=O) groups excluding carboxylic acids is 1. The van der Waals surface area contributed by atoms with Crippen molar-refractivity contribution in [3.63, 3.8) is 0 Å². The Hall–Kier alpha value is -2.17. The molecule has 0 fully saturated rings. The van der Waals surface area contributed by atoms with Crippen LogP contribution in [0.1, 0.15) is 18.1 Å². The molecule has 4 nitrogen and oxygen atoms in total. The van der Waals surface area contributed by atoms with Gasteiger partial charge in [-0.05, 0) is 80.3 Å². The van der Waals surface area contributed by atoms with Gasteiger partial charge in [0, 0.05) is 0 Å². The van der Waals surface area contributed by atoms with E-state index in [0.717, 1.165) is 5.56 Å². The summed E-state index contributed by atoms with van der Waals surface area (Å²) >= 11 is 6.84. The van der Waals surface area contributed by atoms with Crippen LogP contribution in [-0.4, -0.2) is 12.6 Å². The van der Waals surface area contributed by atoms with E-state index in [1.165, 1.54) is 18.2 Å². The van der Waals surface area contributed by atoms with Gasteiger partial charge in [-0.2, -0.15) is 5.26 Å². The highest BCUT2D eigenvalue weighted by molar-refractivity contribution is 9.11. The van der Waals surface area contributed by atoms with Crippen LogP contribution in [0, 0.1) is 17.1 Å². The van der Waals surface area contributed by atoms with Gasteiger partial charge in [0.2, 0.25) is 0 Å². The normalized spacial score (nSPS) is 11.0. The molecule has 0 unspecified atom stereocenters. The Morgan fingerprint density at radius 2 is 1.85 bits per heavy atom. The predicted octanol–water partition coefficient (Wildman–Crippen LogP) is 5.40. The van der Waals surface area contributed by atoms with Crippen LogP contribution in [0.25, 0.3) is 6.08 Å². The molecule has 0 radical (unpaired) electrons. The summed E-state index contributed by atoms with van der Waals surface area (Å²) in [6.07, 6.45) is 1.44. The number of ether oxygens (including phenoxy) is 2. The summed E-state index contributed by atoms with van der Waals surface area (Å²) in [5, 5.41) is 9.11. The minimum Gasteiger partial charge on any atom is -0.487 e. The highest BCUT2D eigenvalue weighted by atomic mass is 79.9. The van der Waals surface area contributed by atoms with Crippen molar-refractivity contribution in [3.8, 4) is 11.8 Å². The second kappa shape index (κ2) is 9.51. The third kappa shape index (κ3) is 5.41. The highest BCUT2D eigenvalue weighted by Crippen LogP contribution is 2.36. The van der Waals surface area contributed by atoms with Crippen LogP contribution in [0.5, 0.6) is 5.75 Å². The fourth-order valence-electron chi connectivity index (χ4n) is 2.05. The van der Waals surface area contributed by atoms with Gasteiger partial charge < -0.3 is 9.47 Å². The van der Waals surface area contributed by atoms with E-state index >= 15 is 0 Å². The van der Waals surface area contributed by atoms with Crippen LogP contribution >= 0.6 is 31.9 Å². The van der Waals surface area contributed by atoms with E-state index in [1.807, 2.05) is 6.07 Å². The number of nitrogens with zero attached hydrogens (tertiary/aromatic N) is 1. The number of hydrogen-bond acceptors (Lipinski definition) is 4. The molecule has 7 heteroatoms. The summed E-state index contributed by atoms with van der Waals surface area (Å²) in [5.41, 5.74) is 1.36. The summed E-state index contributed by atoms with van der Waals surface area (Å²) in [5.74, 6) is -0.415. The van der Waals surface area contributed by atoms with E-state index in [-0.39, 0.29) is 24.6 Å². The Balaban J connectivity index is 2.20. The predicted molar refractivity (Wildman–Crippen MR) is 103 cm³/mol. The lowest BCUT2D eigenvalue weighted by molar-refractivity contribution is -0.137. The Labute approximate surface area is 167 Å². The zero-order valence-corrected chi connectivity index (χ0v) is 16.9. The molecule has 0 spiro atoms. The Bertz CT molecular complexity index is 850. The first-order valence-electron chi connectivity index (χ1n) is 7.59.